The van der Waals surface area contributed by atoms with Crippen LogP contribution in [0.4, 0.5) is 0 Å². The van der Waals surface area contributed by atoms with Crippen molar-refractivity contribution in [3.05, 3.63) is 63.6 Å². The van der Waals surface area contributed by atoms with E-state index < -0.39 is 0 Å². The Kier molecular flexibility index (Phi) is 4.24. The zero-order valence-electron chi connectivity index (χ0n) is 10.6. The summed E-state index contributed by atoms with van der Waals surface area (Å²) in [5.74, 6) is 5.77. The summed E-state index contributed by atoms with van der Waals surface area (Å²) in [6, 6.07) is 14.2. The number of nitrogens with one attached hydrogen (secondary N) is 1. The molecule has 2 nitrogen and oxygen atoms in total. The molecular weight excluding hydrogens is 311 g/mol. The summed E-state index contributed by atoms with van der Waals surface area (Å²) in [5, 5.41) is 1.48. The molecule has 0 aliphatic carbocycles. The van der Waals surface area contributed by atoms with Gasteiger partial charge in [-0.1, -0.05) is 47.5 Å². The molecule has 5 heteroatoms. The molecular formula is C15H14Cl2N2S. The monoisotopic (exact) mass is 324 g/mol. The first-order valence-electron chi connectivity index (χ1n) is 6.34. The van der Waals surface area contributed by atoms with Crippen LogP contribution in [0.3, 0.4) is 0 Å². The van der Waals surface area contributed by atoms with Crippen molar-refractivity contribution in [2.45, 2.75) is 22.6 Å². The van der Waals surface area contributed by atoms with Gasteiger partial charge in [-0.05, 0) is 35.7 Å². The highest BCUT2D eigenvalue weighted by molar-refractivity contribution is 8.00. The van der Waals surface area contributed by atoms with Crippen LogP contribution in [-0.2, 0) is 6.42 Å². The third-order valence-electron chi connectivity index (χ3n) is 3.53. The molecule has 0 saturated carbocycles. The van der Waals surface area contributed by atoms with Crippen LogP contribution in [-0.4, -0.2) is 5.25 Å². The van der Waals surface area contributed by atoms with Gasteiger partial charge in [0.1, 0.15) is 0 Å². The molecule has 0 radical (unpaired) electrons. The molecule has 1 aliphatic heterocycles. The second-order valence-electron chi connectivity index (χ2n) is 4.79. The number of benzene rings is 2. The molecule has 0 spiro atoms. The average molecular weight is 325 g/mol. The van der Waals surface area contributed by atoms with Crippen molar-refractivity contribution in [2.24, 2.45) is 5.84 Å². The van der Waals surface area contributed by atoms with Crippen LogP contribution in [0, 0.1) is 0 Å². The number of hydrazine groups is 1. The maximum Gasteiger partial charge on any atom is 0.0595 e. The molecule has 0 fully saturated rings. The van der Waals surface area contributed by atoms with E-state index in [4.69, 9.17) is 29.0 Å². The van der Waals surface area contributed by atoms with Gasteiger partial charge in [0.15, 0.2) is 0 Å². The predicted octanol–water partition coefficient (Wildman–Crippen LogP) is 4.21. The van der Waals surface area contributed by atoms with Crippen LogP contribution in [0.1, 0.15) is 17.2 Å². The Morgan fingerprint density at radius 2 is 1.95 bits per heavy atom. The molecule has 0 bridgehead atoms. The van der Waals surface area contributed by atoms with Gasteiger partial charge in [-0.25, -0.2) is 0 Å². The molecule has 1 heterocycles. The topological polar surface area (TPSA) is 38.0 Å². The molecule has 1 aliphatic rings. The van der Waals surface area contributed by atoms with Crippen LogP contribution < -0.4 is 11.3 Å². The Labute approximate surface area is 132 Å². The lowest BCUT2D eigenvalue weighted by atomic mass is 9.99. The summed E-state index contributed by atoms with van der Waals surface area (Å²) in [4.78, 5) is 1.33. The van der Waals surface area contributed by atoms with E-state index in [2.05, 4.69) is 29.7 Å². The van der Waals surface area contributed by atoms with Gasteiger partial charge in [-0.3, -0.25) is 11.3 Å². The standard InChI is InChI=1S/C15H14Cl2N2S/c16-11-6-5-10(7-12(11)17)15(19-18)14-8-9-3-1-2-4-13(9)20-14/h1-7,14-15,19H,8,18H2. The van der Waals surface area contributed by atoms with Gasteiger partial charge in [0.25, 0.3) is 0 Å². The number of hydrogen-bond donors (Lipinski definition) is 2. The number of thioether (sulfide) groups is 1. The lowest BCUT2D eigenvalue weighted by molar-refractivity contribution is 0.533. The van der Waals surface area contributed by atoms with Gasteiger partial charge in [-0.15, -0.1) is 11.8 Å². The van der Waals surface area contributed by atoms with E-state index in [-0.39, 0.29) is 6.04 Å². The van der Waals surface area contributed by atoms with Crippen LogP contribution in [0.5, 0.6) is 0 Å². The third kappa shape index (κ3) is 2.69. The molecule has 0 amide bonds. The normalized spacial score (nSPS) is 18.9. The quantitative estimate of drug-likeness (QED) is 0.656. The Morgan fingerprint density at radius 3 is 2.65 bits per heavy atom. The molecule has 0 aromatic heterocycles. The summed E-state index contributed by atoms with van der Waals surface area (Å²) >= 11 is 13.9. The van der Waals surface area contributed by atoms with Crippen LogP contribution >= 0.6 is 35.0 Å². The van der Waals surface area contributed by atoms with Crippen LogP contribution in [0.25, 0.3) is 0 Å². The average Bonchev–Trinajstić information content (AvgIpc) is 2.87. The van der Waals surface area contributed by atoms with Gasteiger partial charge in [0.2, 0.25) is 0 Å². The molecule has 3 rings (SSSR count). The molecule has 2 atom stereocenters. The van der Waals surface area contributed by atoms with E-state index >= 15 is 0 Å². The molecule has 2 unspecified atom stereocenters. The Hall–Kier alpha value is -0.710. The SMILES string of the molecule is NNC(c1ccc(Cl)c(Cl)c1)C1Cc2ccccc2S1. The van der Waals surface area contributed by atoms with Crippen molar-refractivity contribution in [3.63, 3.8) is 0 Å². The highest BCUT2D eigenvalue weighted by Crippen LogP contribution is 2.42. The predicted molar refractivity (Wildman–Crippen MR) is 86.3 cm³/mol. The zero-order chi connectivity index (χ0) is 14.1. The number of hydrogen-bond acceptors (Lipinski definition) is 3. The number of halogens is 2. The minimum atomic E-state index is 0.0437. The first kappa shape index (κ1) is 14.2. The Bertz CT molecular complexity index is 608. The van der Waals surface area contributed by atoms with Crippen LogP contribution in [0.15, 0.2) is 47.4 Å². The molecule has 3 N–H and O–H groups in total. The summed E-state index contributed by atoms with van der Waals surface area (Å²) in [5.41, 5.74) is 5.36. The second-order valence-corrected chi connectivity index (χ2v) is 6.88. The van der Waals surface area contributed by atoms with Crippen molar-refractivity contribution in [1.29, 1.82) is 0 Å². The van der Waals surface area contributed by atoms with E-state index in [0.29, 0.717) is 15.3 Å². The van der Waals surface area contributed by atoms with E-state index in [1.807, 2.05) is 30.0 Å². The van der Waals surface area contributed by atoms with E-state index in [9.17, 15) is 0 Å². The van der Waals surface area contributed by atoms with Crippen molar-refractivity contribution >= 4 is 35.0 Å². The number of nitrogens with two attached hydrogens (primary N) is 1. The van der Waals surface area contributed by atoms with Crippen molar-refractivity contribution in [1.82, 2.24) is 5.43 Å². The molecule has 2 aromatic carbocycles. The van der Waals surface area contributed by atoms with Gasteiger partial charge in [-0.2, -0.15) is 0 Å². The van der Waals surface area contributed by atoms with E-state index in [1.54, 1.807) is 0 Å². The smallest absolute Gasteiger partial charge is 0.0595 e. The zero-order valence-corrected chi connectivity index (χ0v) is 13.0. The van der Waals surface area contributed by atoms with Gasteiger partial charge in [0.05, 0.1) is 16.1 Å². The van der Waals surface area contributed by atoms with Gasteiger partial charge in [0, 0.05) is 10.1 Å². The molecule has 0 saturated heterocycles. The summed E-state index contributed by atoms with van der Waals surface area (Å²) < 4.78 is 0. The summed E-state index contributed by atoms with van der Waals surface area (Å²) in [6.07, 6.45) is 0.996. The minimum Gasteiger partial charge on any atom is -0.271 e. The largest absolute Gasteiger partial charge is 0.271 e. The lowest BCUT2D eigenvalue weighted by Gasteiger charge is -2.22. The maximum atomic E-state index is 6.10. The fourth-order valence-electron chi connectivity index (χ4n) is 2.52. The fraction of sp³-hybridized carbons (Fsp3) is 0.200. The third-order valence-corrected chi connectivity index (χ3v) is 5.66. The molecule has 20 heavy (non-hydrogen) atoms. The number of rotatable bonds is 3. The maximum absolute atomic E-state index is 6.10. The minimum absolute atomic E-state index is 0.0437. The van der Waals surface area contributed by atoms with Gasteiger partial charge >= 0.3 is 0 Å². The first-order valence-corrected chi connectivity index (χ1v) is 7.98. The fourth-order valence-corrected chi connectivity index (χ4v) is 4.25. The summed E-state index contributed by atoms with van der Waals surface area (Å²) in [7, 11) is 0. The van der Waals surface area contributed by atoms with Crippen molar-refractivity contribution < 1.29 is 0 Å². The Balaban J connectivity index is 1.87. The van der Waals surface area contributed by atoms with Crippen LogP contribution in [0.2, 0.25) is 10.0 Å². The van der Waals surface area contributed by atoms with E-state index in [0.717, 1.165) is 12.0 Å². The highest BCUT2D eigenvalue weighted by atomic mass is 35.5. The number of fused-ring (bicyclic) bond motifs is 1. The van der Waals surface area contributed by atoms with Gasteiger partial charge < -0.3 is 0 Å². The molecule has 104 valence electrons. The van der Waals surface area contributed by atoms with E-state index in [1.165, 1.54) is 10.5 Å². The first-order chi connectivity index (χ1) is 9.69. The summed E-state index contributed by atoms with van der Waals surface area (Å²) in [6.45, 7) is 0. The lowest BCUT2D eigenvalue weighted by Crippen LogP contribution is -2.35. The van der Waals surface area contributed by atoms with Crippen molar-refractivity contribution in [2.75, 3.05) is 0 Å². The second kappa shape index (κ2) is 5.96. The Morgan fingerprint density at radius 1 is 1.15 bits per heavy atom. The molecule has 2 aromatic rings. The van der Waals surface area contributed by atoms with Crippen molar-refractivity contribution in [3.8, 4) is 0 Å². The highest BCUT2D eigenvalue weighted by Gasteiger charge is 2.30.